The zero-order valence-corrected chi connectivity index (χ0v) is 12.4. The first kappa shape index (κ1) is 15.5. The molecule has 3 aromatic rings. The lowest BCUT2D eigenvalue weighted by Gasteiger charge is -2.05. The van der Waals surface area contributed by atoms with Crippen LogP contribution in [0.1, 0.15) is 21.7 Å². The first-order valence-electron chi connectivity index (χ1n) is 7.00. The Morgan fingerprint density at radius 2 is 1.96 bits per heavy atom. The number of nitrogens with two attached hydrogens (primary N) is 1. The van der Waals surface area contributed by atoms with Gasteiger partial charge in [0.05, 0.1) is 5.69 Å². The van der Waals surface area contributed by atoms with Gasteiger partial charge in [0.25, 0.3) is 11.5 Å². The van der Waals surface area contributed by atoms with Crippen LogP contribution >= 0.6 is 0 Å². The van der Waals surface area contributed by atoms with Crippen LogP contribution in [0.2, 0.25) is 0 Å². The van der Waals surface area contributed by atoms with E-state index < -0.39 is 11.5 Å². The molecule has 0 aliphatic rings. The molecule has 3 rings (SSSR count). The van der Waals surface area contributed by atoms with Crippen molar-refractivity contribution in [1.82, 2.24) is 20.0 Å². The number of carbonyl (C=O) groups excluding carboxylic acids is 1. The number of benzene rings is 1. The van der Waals surface area contributed by atoms with E-state index in [0.29, 0.717) is 12.1 Å². The molecule has 2 aromatic heterocycles. The van der Waals surface area contributed by atoms with Crippen molar-refractivity contribution in [2.45, 2.75) is 6.42 Å². The van der Waals surface area contributed by atoms with E-state index in [-0.39, 0.29) is 17.3 Å². The maximum atomic E-state index is 13.2. The SMILES string of the molecule is NC(=O)c1ccc(=O)n(-c2ccc(Cc3cccc(F)c3)nn2)n1. The molecule has 0 bridgehead atoms. The lowest BCUT2D eigenvalue weighted by Crippen LogP contribution is -2.26. The summed E-state index contributed by atoms with van der Waals surface area (Å²) in [4.78, 5) is 23.0. The van der Waals surface area contributed by atoms with Crippen LogP contribution in [0.5, 0.6) is 0 Å². The second-order valence-corrected chi connectivity index (χ2v) is 5.02. The zero-order chi connectivity index (χ0) is 17.1. The minimum Gasteiger partial charge on any atom is -0.364 e. The summed E-state index contributed by atoms with van der Waals surface area (Å²) in [6, 6.07) is 11.8. The molecule has 0 radical (unpaired) electrons. The third-order valence-electron chi connectivity index (χ3n) is 3.25. The van der Waals surface area contributed by atoms with E-state index in [1.165, 1.54) is 24.3 Å². The molecular weight excluding hydrogens is 313 g/mol. The van der Waals surface area contributed by atoms with Crippen LogP contribution in [0.3, 0.4) is 0 Å². The first-order valence-corrected chi connectivity index (χ1v) is 7.00. The highest BCUT2D eigenvalue weighted by Gasteiger charge is 2.09. The van der Waals surface area contributed by atoms with E-state index in [1.807, 2.05) is 0 Å². The minimum absolute atomic E-state index is 0.0553. The molecule has 0 aliphatic heterocycles. The maximum Gasteiger partial charge on any atom is 0.273 e. The van der Waals surface area contributed by atoms with Gasteiger partial charge in [-0.2, -0.15) is 14.9 Å². The van der Waals surface area contributed by atoms with Crippen molar-refractivity contribution in [3.63, 3.8) is 0 Å². The van der Waals surface area contributed by atoms with Crippen LogP contribution in [0, 0.1) is 5.82 Å². The number of aromatic nitrogens is 4. The molecule has 2 N–H and O–H groups in total. The number of nitrogens with zero attached hydrogens (tertiary/aromatic N) is 4. The molecule has 7 nitrogen and oxygen atoms in total. The van der Waals surface area contributed by atoms with Crippen molar-refractivity contribution in [2.75, 3.05) is 0 Å². The number of carbonyl (C=O) groups is 1. The van der Waals surface area contributed by atoms with Crippen LogP contribution in [0.15, 0.2) is 53.3 Å². The Labute approximate surface area is 135 Å². The Hall–Kier alpha value is -3.42. The number of hydrogen-bond donors (Lipinski definition) is 1. The summed E-state index contributed by atoms with van der Waals surface area (Å²) in [6.07, 6.45) is 0.398. The molecule has 1 amide bonds. The standard InChI is InChI=1S/C16H12FN5O2/c17-11-3-1-2-10(8-11)9-12-4-6-14(20-19-12)22-15(23)7-5-13(21-22)16(18)24/h1-8H,9H2,(H2,18,24). The van der Waals surface area contributed by atoms with Crippen LogP contribution in [-0.2, 0) is 6.42 Å². The van der Waals surface area contributed by atoms with E-state index in [9.17, 15) is 14.0 Å². The largest absolute Gasteiger partial charge is 0.364 e. The molecule has 0 saturated carbocycles. The fraction of sp³-hybridized carbons (Fsp3) is 0.0625. The molecule has 2 heterocycles. The maximum absolute atomic E-state index is 13.2. The first-order chi connectivity index (χ1) is 11.5. The van der Waals surface area contributed by atoms with Gasteiger partial charge in [-0.1, -0.05) is 12.1 Å². The quantitative estimate of drug-likeness (QED) is 0.766. The third kappa shape index (κ3) is 3.32. The molecule has 0 aliphatic carbocycles. The van der Waals surface area contributed by atoms with Gasteiger partial charge in [0.15, 0.2) is 5.82 Å². The van der Waals surface area contributed by atoms with Crippen LogP contribution < -0.4 is 11.3 Å². The summed E-state index contributed by atoms with van der Waals surface area (Å²) in [5.74, 6) is -0.915. The predicted octanol–water partition coefficient (Wildman–Crippen LogP) is 0.851. The van der Waals surface area contributed by atoms with E-state index >= 15 is 0 Å². The summed E-state index contributed by atoms with van der Waals surface area (Å²) in [5, 5.41) is 11.8. The van der Waals surface area contributed by atoms with Gasteiger partial charge >= 0.3 is 0 Å². The van der Waals surface area contributed by atoms with Crippen LogP contribution in [-0.4, -0.2) is 25.9 Å². The Kier molecular flexibility index (Phi) is 4.11. The van der Waals surface area contributed by atoms with Gasteiger partial charge in [-0.3, -0.25) is 9.59 Å². The highest BCUT2D eigenvalue weighted by molar-refractivity contribution is 5.90. The zero-order valence-electron chi connectivity index (χ0n) is 12.4. The van der Waals surface area contributed by atoms with E-state index in [0.717, 1.165) is 10.2 Å². The van der Waals surface area contributed by atoms with E-state index in [1.54, 1.807) is 24.3 Å². The van der Waals surface area contributed by atoms with E-state index in [2.05, 4.69) is 15.3 Å². The Morgan fingerprint density at radius 3 is 2.62 bits per heavy atom. The molecule has 120 valence electrons. The van der Waals surface area contributed by atoms with Crippen LogP contribution in [0.25, 0.3) is 5.82 Å². The summed E-state index contributed by atoms with van der Waals surface area (Å²) in [6.45, 7) is 0. The van der Waals surface area contributed by atoms with E-state index in [4.69, 9.17) is 5.73 Å². The van der Waals surface area contributed by atoms with Gasteiger partial charge in [-0.15, -0.1) is 5.10 Å². The average Bonchev–Trinajstić information content (AvgIpc) is 2.56. The van der Waals surface area contributed by atoms with Gasteiger partial charge in [0.2, 0.25) is 0 Å². The number of rotatable bonds is 4. The molecule has 1 aromatic carbocycles. The average molecular weight is 325 g/mol. The molecule has 0 atom stereocenters. The summed E-state index contributed by atoms with van der Waals surface area (Å²) < 4.78 is 14.1. The van der Waals surface area contributed by atoms with Crippen LogP contribution in [0.4, 0.5) is 4.39 Å². The summed E-state index contributed by atoms with van der Waals surface area (Å²) in [7, 11) is 0. The van der Waals surface area contributed by atoms with Crippen molar-refractivity contribution < 1.29 is 9.18 Å². The van der Waals surface area contributed by atoms with Crippen molar-refractivity contribution in [1.29, 1.82) is 0 Å². The van der Waals surface area contributed by atoms with Gasteiger partial charge in [-0.05, 0) is 35.9 Å². The number of hydrogen-bond acceptors (Lipinski definition) is 5. The molecule has 8 heteroatoms. The van der Waals surface area contributed by atoms with Crippen molar-refractivity contribution in [2.24, 2.45) is 5.73 Å². The third-order valence-corrected chi connectivity index (χ3v) is 3.25. The number of amides is 1. The fourth-order valence-corrected chi connectivity index (χ4v) is 2.12. The van der Waals surface area contributed by atoms with Crippen molar-refractivity contribution >= 4 is 5.91 Å². The number of halogens is 1. The molecule has 24 heavy (non-hydrogen) atoms. The topological polar surface area (TPSA) is 104 Å². The Balaban J connectivity index is 1.88. The minimum atomic E-state index is -0.751. The van der Waals surface area contributed by atoms with Gasteiger partial charge < -0.3 is 5.73 Å². The second-order valence-electron chi connectivity index (χ2n) is 5.02. The van der Waals surface area contributed by atoms with Crippen molar-refractivity contribution in [3.8, 4) is 5.82 Å². The van der Waals surface area contributed by atoms with Gasteiger partial charge in [0.1, 0.15) is 11.5 Å². The fourth-order valence-electron chi connectivity index (χ4n) is 2.12. The Bertz CT molecular complexity index is 953. The summed E-state index contributed by atoms with van der Waals surface area (Å²) >= 11 is 0. The second kappa shape index (κ2) is 6.37. The molecule has 0 saturated heterocycles. The lowest BCUT2D eigenvalue weighted by molar-refractivity contribution is 0.0994. The summed E-state index contributed by atoms with van der Waals surface area (Å²) in [5.41, 5.74) is 5.98. The number of primary amides is 1. The highest BCUT2D eigenvalue weighted by Crippen LogP contribution is 2.09. The smallest absolute Gasteiger partial charge is 0.273 e. The molecule has 0 spiro atoms. The van der Waals surface area contributed by atoms with Gasteiger partial charge in [-0.25, -0.2) is 4.39 Å². The molecular formula is C16H12FN5O2. The Morgan fingerprint density at radius 1 is 1.12 bits per heavy atom. The highest BCUT2D eigenvalue weighted by atomic mass is 19.1. The molecule has 0 unspecified atom stereocenters. The monoisotopic (exact) mass is 325 g/mol. The van der Waals surface area contributed by atoms with Gasteiger partial charge in [0, 0.05) is 12.5 Å². The predicted molar refractivity (Wildman–Crippen MR) is 83.1 cm³/mol. The molecule has 0 fully saturated rings. The normalized spacial score (nSPS) is 10.5. The van der Waals surface area contributed by atoms with Crippen molar-refractivity contribution in [3.05, 3.63) is 81.7 Å². The lowest BCUT2D eigenvalue weighted by atomic mass is 10.1.